The molecule has 0 saturated heterocycles. The lowest BCUT2D eigenvalue weighted by atomic mass is 10.2. The number of nitrogens with one attached hydrogen (secondary N) is 1. The SMILES string of the molecule is CCNC(=NCc1nnc2n1CCC2)N(C)Cc1ccc(Br)cc1. The highest BCUT2D eigenvalue weighted by molar-refractivity contribution is 9.10. The van der Waals surface area contributed by atoms with Crippen molar-refractivity contribution in [3.05, 3.63) is 46.0 Å². The summed E-state index contributed by atoms with van der Waals surface area (Å²) in [6.07, 6.45) is 2.19. The van der Waals surface area contributed by atoms with Crippen LogP contribution in [0.1, 0.15) is 30.6 Å². The van der Waals surface area contributed by atoms with Gasteiger partial charge in [0.25, 0.3) is 0 Å². The van der Waals surface area contributed by atoms with Gasteiger partial charge in [-0.3, -0.25) is 0 Å². The first-order chi connectivity index (χ1) is 11.7. The number of fused-ring (bicyclic) bond motifs is 1. The van der Waals surface area contributed by atoms with Gasteiger partial charge >= 0.3 is 0 Å². The zero-order valence-corrected chi connectivity index (χ0v) is 15.8. The van der Waals surface area contributed by atoms with Crippen molar-refractivity contribution in [2.24, 2.45) is 4.99 Å². The van der Waals surface area contributed by atoms with Crippen molar-refractivity contribution in [2.45, 2.75) is 39.4 Å². The summed E-state index contributed by atoms with van der Waals surface area (Å²) in [6.45, 7) is 5.29. The van der Waals surface area contributed by atoms with Gasteiger partial charge in [0.1, 0.15) is 12.4 Å². The summed E-state index contributed by atoms with van der Waals surface area (Å²) >= 11 is 3.47. The van der Waals surface area contributed by atoms with Crippen LogP contribution in [0.5, 0.6) is 0 Å². The fourth-order valence-electron chi connectivity index (χ4n) is 2.88. The second kappa shape index (κ2) is 7.79. The lowest BCUT2D eigenvalue weighted by Crippen LogP contribution is -2.38. The molecule has 1 N–H and O–H groups in total. The number of aliphatic imine (C=N–C) groups is 1. The largest absolute Gasteiger partial charge is 0.357 e. The number of hydrogen-bond acceptors (Lipinski definition) is 3. The molecular weight excluding hydrogens is 368 g/mol. The molecule has 2 aromatic rings. The monoisotopic (exact) mass is 390 g/mol. The molecule has 7 heteroatoms. The van der Waals surface area contributed by atoms with Crippen molar-refractivity contribution in [2.75, 3.05) is 13.6 Å². The maximum Gasteiger partial charge on any atom is 0.194 e. The van der Waals surface area contributed by atoms with Crippen LogP contribution in [-0.2, 0) is 26.1 Å². The van der Waals surface area contributed by atoms with Crippen molar-refractivity contribution < 1.29 is 0 Å². The summed E-state index contributed by atoms with van der Waals surface area (Å²) in [5.41, 5.74) is 1.25. The van der Waals surface area contributed by atoms with Crippen molar-refractivity contribution in [1.29, 1.82) is 0 Å². The molecule has 1 aliphatic rings. The number of rotatable bonds is 5. The maximum atomic E-state index is 4.75. The number of guanidine groups is 1. The summed E-state index contributed by atoms with van der Waals surface area (Å²) in [5.74, 6) is 2.93. The average Bonchev–Trinajstić information content (AvgIpc) is 3.17. The molecule has 2 heterocycles. The molecule has 0 atom stereocenters. The molecule has 1 aromatic heterocycles. The van der Waals surface area contributed by atoms with Crippen molar-refractivity contribution in [3.63, 3.8) is 0 Å². The quantitative estimate of drug-likeness (QED) is 0.629. The van der Waals surface area contributed by atoms with Crippen LogP contribution < -0.4 is 5.32 Å². The first-order valence-electron chi connectivity index (χ1n) is 8.32. The molecule has 0 amide bonds. The minimum Gasteiger partial charge on any atom is -0.357 e. The van der Waals surface area contributed by atoms with E-state index in [1.54, 1.807) is 0 Å². The first-order valence-corrected chi connectivity index (χ1v) is 9.11. The van der Waals surface area contributed by atoms with Gasteiger partial charge in [-0.05, 0) is 31.0 Å². The van der Waals surface area contributed by atoms with Crippen LogP contribution in [0.2, 0.25) is 0 Å². The van der Waals surface area contributed by atoms with Gasteiger partial charge in [0.15, 0.2) is 11.8 Å². The lowest BCUT2D eigenvalue weighted by Gasteiger charge is -2.22. The van der Waals surface area contributed by atoms with Crippen LogP contribution in [0.25, 0.3) is 0 Å². The predicted molar refractivity (Wildman–Crippen MR) is 98.8 cm³/mol. The summed E-state index contributed by atoms with van der Waals surface area (Å²) in [7, 11) is 2.05. The zero-order valence-electron chi connectivity index (χ0n) is 14.2. The number of aromatic nitrogens is 3. The van der Waals surface area contributed by atoms with E-state index in [4.69, 9.17) is 4.99 Å². The van der Waals surface area contributed by atoms with E-state index in [2.05, 4.69) is 79.1 Å². The number of hydrogen-bond donors (Lipinski definition) is 1. The molecule has 1 aliphatic heterocycles. The minimum absolute atomic E-state index is 0.556. The van der Waals surface area contributed by atoms with E-state index >= 15 is 0 Å². The van der Waals surface area contributed by atoms with Crippen LogP contribution in [0.15, 0.2) is 33.7 Å². The van der Waals surface area contributed by atoms with Crippen molar-refractivity contribution in [1.82, 2.24) is 25.0 Å². The van der Waals surface area contributed by atoms with E-state index in [9.17, 15) is 0 Å². The van der Waals surface area contributed by atoms with Gasteiger partial charge in [-0.15, -0.1) is 10.2 Å². The lowest BCUT2D eigenvalue weighted by molar-refractivity contribution is 0.476. The normalized spacial score (nSPS) is 13.9. The summed E-state index contributed by atoms with van der Waals surface area (Å²) in [6, 6.07) is 8.37. The van der Waals surface area contributed by atoms with Gasteiger partial charge in [-0.1, -0.05) is 28.1 Å². The van der Waals surface area contributed by atoms with Crippen LogP contribution in [-0.4, -0.2) is 39.2 Å². The van der Waals surface area contributed by atoms with Crippen LogP contribution in [0.3, 0.4) is 0 Å². The Morgan fingerprint density at radius 1 is 1.33 bits per heavy atom. The fraction of sp³-hybridized carbons (Fsp3) is 0.471. The topological polar surface area (TPSA) is 58.3 Å². The smallest absolute Gasteiger partial charge is 0.194 e. The van der Waals surface area contributed by atoms with Gasteiger partial charge in [-0.25, -0.2) is 4.99 Å². The molecule has 0 fully saturated rings. The molecule has 128 valence electrons. The highest BCUT2D eigenvalue weighted by Crippen LogP contribution is 2.15. The van der Waals surface area contributed by atoms with Gasteiger partial charge in [0.05, 0.1) is 0 Å². The molecule has 0 aliphatic carbocycles. The van der Waals surface area contributed by atoms with E-state index in [-0.39, 0.29) is 0 Å². The highest BCUT2D eigenvalue weighted by Gasteiger charge is 2.17. The second-order valence-corrected chi connectivity index (χ2v) is 6.86. The second-order valence-electron chi connectivity index (χ2n) is 5.94. The Morgan fingerprint density at radius 3 is 2.88 bits per heavy atom. The van der Waals surface area contributed by atoms with E-state index in [0.717, 1.165) is 54.6 Å². The van der Waals surface area contributed by atoms with Crippen molar-refractivity contribution >= 4 is 21.9 Å². The molecule has 24 heavy (non-hydrogen) atoms. The first kappa shape index (κ1) is 17.0. The summed E-state index contributed by atoms with van der Waals surface area (Å²) in [4.78, 5) is 6.88. The highest BCUT2D eigenvalue weighted by atomic mass is 79.9. The van der Waals surface area contributed by atoms with E-state index in [0.29, 0.717) is 6.54 Å². The number of nitrogens with zero attached hydrogens (tertiary/aromatic N) is 5. The third kappa shape index (κ3) is 3.95. The van der Waals surface area contributed by atoms with Crippen LogP contribution >= 0.6 is 15.9 Å². The molecule has 0 bridgehead atoms. The van der Waals surface area contributed by atoms with Gasteiger partial charge < -0.3 is 14.8 Å². The van der Waals surface area contributed by atoms with E-state index in [1.165, 1.54) is 5.56 Å². The standard InChI is InChI=1S/C17H23BrN6/c1-3-19-17(23(2)12-13-6-8-14(18)9-7-13)20-11-16-22-21-15-5-4-10-24(15)16/h6-9H,3-5,10-12H2,1-2H3,(H,19,20). The zero-order chi connectivity index (χ0) is 16.9. The predicted octanol–water partition coefficient (Wildman–Crippen LogP) is 2.58. The Balaban J connectivity index is 1.69. The third-order valence-electron chi connectivity index (χ3n) is 4.09. The Bertz CT molecular complexity index is 706. The van der Waals surface area contributed by atoms with Crippen molar-refractivity contribution in [3.8, 4) is 0 Å². The molecule has 0 saturated carbocycles. The molecule has 3 rings (SSSR count). The number of benzene rings is 1. The Kier molecular flexibility index (Phi) is 5.50. The Hall–Kier alpha value is -1.89. The number of aryl methyl sites for hydroxylation is 1. The third-order valence-corrected chi connectivity index (χ3v) is 4.61. The summed E-state index contributed by atoms with van der Waals surface area (Å²) < 4.78 is 3.29. The van der Waals surface area contributed by atoms with Gasteiger partial charge in [-0.2, -0.15) is 0 Å². The van der Waals surface area contributed by atoms with Gasteiger partial charge in [0, 0.05) is 37.6 Å². The molecule has 6 nitrogen and oxygen atoms in total. The molecular formula is C17H23BrN6. The number of halogens is 1. The summed E-state index contributed by atoms with van der Waals surface area (Å²) in [5, 5.41) is 11.9. The Morgan fingerprint density at radius 2 is 2.12 bits per heavy atom. The minimum atomic E-state index is 0.556. The average molecular weight is 391 g/mol. The fourth-order valence-corrected chi connectivity index (χ4v) is 3.15. The van der Waals surface area contributed by atoms with E-state index < -0.39 is 0 Å². The molecule has 0 radical (unpaired) electrons. The van der Waals surface area contributed by atoms with Crippen LogP contribution in [0, 0.1) is 0 Å². The molecule has 0 spiro atoms. The molecule has 1 aromatic carbocycles. The Labute approximate surface area is 151 Å². The van der Waals surface area contributed by atoms with Gasteiger partial charge in [0.2, 0.25) is 0 Å². The van der Waals surface area contributed by atoms with Crippen LogP contribution in [0.4, 0.5) is 0 Å². The maximum absolute atomic E-state index is 4.75. The molecule has 0 unspecified atom stereocenters. The van der Waals surface area contributed by atoms with E-state index in [1.807, 2.05) is 0 Å².